The average Bonchev–Trinajstić information content (AvgIpc) is 2.38. The van der Waals surface area contributed by atoms with Crippen molar-refractivity contribution in [3.8, 4) is 0 Å². The van der Waals surface area contributed by atoms with E-state index in [1.807, 2.05) is 18.7 Å². The minimum Gasteiger partial charge on any atom is -0.307 e. The summed E-state index contributed by atoms with van der Waals surface area (Å²) >= 11 is 1.97. The molecule has 0 amide bonds. The normalized spacial score (nSPS) is 19.2. The van der Waals surface area contributed by atoms with Crippen molar-refractivity contribution in [2.24, 2.45) is 5.92 Å². The monoisotopic (exact) mass is 257 g/mol. The van der Waals surface area contributed by atoms with Crippen LogP contribution in [0.5, 0.6) is 0 Å². The Morgan fingerprint density at radius 3 is 2.59 bits per heavy atom. The van der Waals surface area contributed by atoms with Crippen LogP contribution in [0.4, 0.5) is 0 Å². The van der Waals surface area contributed by atoms with Gasteiger partial charge in [0.05, 0.1) is 6.04 Å². The fourth-order valence-corrected chi connectivity index (χ4v) is 3.81. The highest BCUT2D eigenvalue weighted by Gasteiger charge is 2.17. The highest BCUT2D eigenvalue weighted by molar-refractivity contribution is 7.99. The van der Waals surface area contributed by atoms with Crippen molar-refractivity contribution in [2.75, 3.05) is 18.1 Å². The maximum atomic E-state index is 11.7. The number of hydrogen-bond acceptors (Lipinski definition) is 3. The second-order valence-electron chi connectivity index (χ2n) is 4.97. The van der Waals surface area contributed by atoms with Gasteiger partial charge in [0, 0.05) is 12.2 Å². The smallest absolute Gasteiger partial charge is 0.150 e. The highest BCUT2D eigenvalue weighted by Crippen LogP contribution is 2.26. The van der Waals surface area contributed by atoms with E-state index in [2.05, 4.69) is 12.2 Å². The van der Waals surface area contributed by atoms with E-state index >= 15 is 0 Å². The van der Waals surface area contributed by atoms with E-state index < -0.39 is 0 Å². The summed E-state index contributed by atoms with van der Waals surface area (Å²) < 4.78 is 0. The van der Waals surface area contributed by atoms with Gasteiger partial charge in [-0.15, -0.1) is 0 Å². The van der Waals surface area contributed by atoms with Crippen LogP contribution < -0.4 is 5.32 Å². The molecule has 1 fully saturated rings. The van der Waals surface area contributed by atoms with Gasteiger partial charge in [-0.25, -0.2) is 0 Å². The molecule has 0 aromatic rings. The van der Waals surface area contributed by atoms with Gasteiger partial charge in [-0.05, 0) is 31.1 Å². The zero-order valence-electron chi connectivity index (χ0n) is 11.3. The van der Waals surface area contributed by atoms with Crippen molar-refractivity contribution in [1.29, 1.82) is 0 Å². The van der Waals surface area contributed by atoms with Gasteiger partial charge in [0.1, 0.15) is 5.78 Å². The Morgan fingerprint density at radius 1 is 1.29 bits per heavy atom. The molecule has 0 saturated heterocycles. The first kappa shape index (κ1) is 15.0. The lowest BCUT2D eigenvalue weighted by atomic mass is 9.91. The lowest BCUT2D eigenvalue weighted by molar-refractivity contribution is -0.120. The zero-order chi connectivity index (χ0) is 12.5. The molecule has 0 aromatic carbocycles. The Hall–Kier alpha value is -0.0200. The first-order valence-corrected chi connectivity index (χ1v) is 8.27. The van der Waals surface area contributed by atoms with Gasteiger partial charge in [-0.1, -0.05) is 33.1 Å². The van der Waals surface area contributed by atoms with Crippen molar-refractivity contribution in [3.63, 3.8) is 0 Å². The van der Waals surface area contributed by atoms with Crippen LogP contribution in [-0.2, 0) is 4.79 Å². The summed E-state index contributed by atoms with van der Waals surface area (Å²) in [6, 6.07) is 0.0820. The Kier molecular flexibility index (Phi) is 7.95. The number of nitrogens with one attached hydrogen (secondary N) is 1. The molecule has 0 aromatic heterocycles. The summed E-state index contributed by atoms with van der Waals surface area (Å²) in [5.74, 6) is 3.48. The SMILES string of the molecule is CCNC(CSCC1CCCCC1)C(=O)CC. The van der Waals surface area contributed by atoms with Crippen LogP contribution in [0.2, 0.25) is 0 Å². The molecule has 0 aliphatic heterocycles. The van der Waals surface area contributed by atoms with Gasteiger partial charge in [0.2, 0.25) is 0 Å². The summed E-state index contributed by atoms with van der Waals surface area (Å²) in [6.07, 6.45) is 7.71. The molecule has 1 saturated carbocycles. The number of thioether (sulfide) groups is 1. The number of carbonyl (C=O) groups is 1. The minimum absolute atomic E-state index is 0.0820. The van der Waals surface area contributed by atoms with Crippen LogP contribution >= 0.6 is 11.8 Å². The Bertz CT molecular complexity index is 214. The number of Topliss-reactive ketones (excluding diaryl/α,β-unsaturated/α-hetero) is 1. The van der Waals surface area contributed by atoms with E-state index in [0.29, 0.717) is 12.2 Å². The van der Waals surface area contributed by atoms with E-state index in [9.17, 15) is 4.79 Å². The first-order chi connectivity index (χ1) is 8.27. The molecule has 1 rings (SSSR count). The van der Waals surface area contributed by atoms with Crippen molar-refractivity contribution < 1.29 is 4.79 Å². The lowest BCUT2D eigenvalue weighted by Crippen LogP contribution is -2.38. The van der Waals surface area contributed by atoms with E-state index in [4.69, 9.17) is 0 Å². The standard InChI is InChI=1S/C14H27NOS/c1-3-14(16)13(15-4-2)11-17-10-12-8-6-5-7-9-12/h12-13,15H,3-11H2,1-2H3. The quantitative estimate of drug-likeness (QED) is 0.723. The van der Waals surface area contributed by atoms with Crippen molar-refractivity contribution in [3.05, 3.63) is 0 Å². The molecule has 1 N–H and O–H groups in total. The minimum atomic E-state index is 0.0820. The van der Waals surface area contributed by atoms with Crippen LogP contribution in [0, 0.1) is 5.92 Å². The van der Waals surface area contributed by atoms with E-state index in [0.717, 1.165) is 18.2 Å². The predicted octanol–water partition coefficient (Wildman–Crippen LogP) is 3.26. The van der Waals surface area contributed by atoms with Gasteiger partial charge in [-0.2, -0.15) is 11.8 Å². The highest BCUT2D eigenvalue weighted by atomic mass is 32.2. The maximum Gasteiger partial charge on any atom is 0.150 e. The average molecular weight is 257 g/mol. The molecule has 100 valence electrons. The number of likely N-dealkylation sites (N-methyl/N-ethyl adjacent to an activating group) is 1. The van der Waals surface area contributed by atoms with Crippen LogP contribution in [-0.4, -0.2) is 29.9 Å². The largest absolute Gasteiger partial charge is 0.307 e. The molecule has 1 aliphatic carbocycles. The molecule has 1 unspecified atom stereocenters. The molecule has 3 heteroatoms. The number of hydrogen-bond donors (Lipinski definition) is 1. The Balaban J connectivity index is 2.18. The number of rotatable bonds is 8. The Labute approximate surface area is 110 Å². The predicted molar refractivity (Wildman–Crippen MR) is 76.7 cm³/mol. The second kappa shape index (κ2) is 8.98. The summed E-state index contributed by atoms with van der Waals surface area (Å²) in [4.78, 5) is 11.7. The molecule has 1 aliphatic rings. The third kappa shape index (κ3) is 5.91. The molecular weight excluding hydrogens is 230 g/mol. The second-order valence-corrected chi connectivity index (χ2v) is 6.05. The lowest BCUT2D eigenvalue weighted by Gasteiger charge is -2.22. The number of ketones is 1. The molecule has 0 spiro atoms. The molecular formula is C14H27NOS. The van der Waals surface area contributed by atoms with Crippen molar-refractivity contribution in [1.82, 2.24) is 5.32 Å². The molecule has 2 nitrogen and oxygen atoms in total. The molecule has 1 atom stereocenters. The van der Waals surface area contributed by atoms with Crippen molar-refractivity contribution in [2.45, 2.75) is 58.4 Å². The van der Waals surface area contributed by atoms with Crippen LogP contribution in [0.15, 0.2) is 0 Å². The van der Waals surface area contributed by atoms with E-state index in [-0.39, 0.29) is 6.04 Å². The van der Waals surface area contributed by atoms with Crippen LogP contribution in [0.1, 0.15) is 52.4 Å². The van der Waals surface area contributed by atoms with E-state index in [1.54, 1.807) is 0 Å². The molecule has 0 bridgehead atoms. The third-order valence-corrected chi connectivity index (χ3v) is 4.83. The summed E-state index contributed by atoms with van der Waals surface area (Å²) in [6.45, 7) is 4.92. The molecule has 17 heavy (non-hydrogen) atoms. The summed E-state index contributed by atoms with van der Waals surface area (Å²) in [5, 5.41) is 3.30. The fourth-order valence-electron chi connectivity index (χ4n) is 2.46. The van der Waals surface area contributed by atoms with Gasteiger partial charge >= 0.3 is 0 Å². The Morgan fingerprint density at radius 2 is 2.00 bits per heavy atom. The zero-order valence-corrected chi connectivity index (χ0v) is 12.2. The maximum absolute atomic E-state index is 11.7. The van der Waals surface area contributed by atoms with Crippen LogP contribution in [0.25, 0.3) is 0 Å². The fraction of sp³-hybridized carbons (Fsp3) is 0.929. The van der Waals surface area contributed by atoms with Gasteiger partial charge < -0.3 is 5.32 Å². The molecule has 0 radical (unpaired) electrons. The van der Waals surface area contributed by atoms with Gasteiger partial charge in [-0.3, -0.25) is 4.79 Å². The van der Waals surface area contributed by atoms with Gasteiger partial charge in [0.15, 0.2) is 0 Å². The third-order valence-electron chi connectivity index (χ3n) is 3.55. The topological polar surface area (TPSA) is 29.1 Å². The van der Waals surface area contributed by atoms with Crippen LogP contribution in [0.3, 0.4) is 0 Å². The first-order valence-electron chi connectivity index (χ1n) is 7.11. The van der Waals surface area contributed by atoms with Gasteiger partial charge in [0.25, 0.3) is 0 Å². The summed E-state index contributed by atoms with van der Waals surface area (Å²) in [7, 11) is 0. The number of carbonyl (C=O) groups excluding carboxylic acids is 1. The summed E-state index contributed by atoms with van der Waals surface area (Å²) in [5.41, 5.74) is 0. The van der Waals surface area contributed by atoms with E-state index in [1.165, 1.54) is 37.9 Å². The molecule has 0 heterocycles. The van der Waals surface area contributed by atoms with Crippen molar-refractivity contribution >= 4 is 17.5 Å².